The van der Waals surface area contributed by atoms with Gasteiger partial charge in [-0.2, -0.15) is 0 Å². The van der Waals surface area contributed by atoms with Gasteiger partial charge in [0.25, 0.3) is 0 Å². The fraction of sp³-hybridized carbons (Fsp3) is 0.406. The number of rotatable bonds is 10. The first kappa shape index (κ1) is 33.7. The Bertz CT molecular complexity index is 1480. The minimum absolute atomic E-state index is 0.0621. The third-order valence-electron chi connectivity index (χ3n) is 6.90. The van der Waals surface area contributed by atoms with Gasteiger partial charge in [-0.15, -0.1) is 23.1 Å². The number of urea groups is 1. The van der Waals surface area contributed by atoms with E-state index in [4.69, 9.17) is 14.2 Å². The van der Waals surface area contributed by atoms with E-state index in [1.54, 1.807) is 32.5 Å². The topological polar surface area (TPSA) is 106 Å². The molecule has 0 radical (unpaired) electrons. The molecule has 1 fully saturated rings. The van der Waals surface area contributed by atoms with E-state index in [9.17, 15) is 14.4 Å². The van der Waals surface area contributed by atoms with Crippen LogP contribution in [0, 0.1) is 5.92 Å². The first-order valence-electron chi connectivity index (χ1n) is 14.3. The number of ether oxygens (including phenoxy) is 3. The molecule has 0 bridgehead atoms. The molecule has 2 amide bonds. The lowest BCUT2D eigenvalue weighted by molar-refractivity contribution is -0.157. The maximum atomic E-state index is 12.9. The van der Waals surface area contributed by atoms with Gasteiger partial charge in [-0.1, -0.05) is 24.3 Å². The Morgan fingerprint density at radius 1 is 1.09 bits per heavy atom. The number of carbonyl (C=O) groups excluding carboxylic acids is 3. The first-order valence-corrected chi connectivity index (χ1v) is 17.1. The molecule has 1 saturated heterocycles. The number of methoxy groups -OCH3 is 1. The zero-order valence-electron chi connectivity index (χ0n) is 25.5. The Kier molecular flexibility index (Phi) is 11.6. The number of esters is 2. The largest absolute Gasteiger partial charge is 0.479 e. The van der Waals surface area contributed by atoms with Crippen molar-refractivity contribution in [2.24, 2.45) is 5.92 Å². The molecule has 0 spiro atoms. The van der Waals surface area contributed by atoms with Crippen molar-refractivity contribution >= 4 is 68.4 Å². The Labute approximate surface area is 275 Å². The SMILES string of the molecule is COC(=O)c1sc(-c2cccc(NCC3CCN(C(=O)Nc4ccccc4SC)CC3)c2)c(Br)c1OCC(=O)OC(C)(C)C. The maximum absolute atomic E-state index is 12.9. The lowest BCUT2D eigenvalue weighted by Crippen LogP contribution is -2.42. The average Bonchev–Trinajstić information content (AvgIpc) is 3.34. The van der Waals surface area contributed by atoms with Crippen LogP contribution in [0.4, 0.5) is 16.2 Å². The van der Waals surface area contributed by atoms with Crippen LogP contribution in [0.1, 0.15) is 43.3 Å². The Hall–Kier alpha value is -3.22. The third-order valence-corrected chi connectivity index (χ3v) is 9.92. The quantitative estimate of drug-likeness (QED) is 0.163. The molecule has 12 heteroatoms. The molecule has 0 unspecified atom stereocenters. The number of nitrogens with zero attached hydrogens (tertiary/aromatic N) is 1. The number of thioether (sulfide) groups is 1. The number of para-hydroxylation sites is 1. The van der Waals surface area contributed by atoms with E-state index in [1.165, 1.54) is 18.4 Å². The van der Waals surface area contributed by atoms with Crippen LogP contribution in [0.3, 0.4) is 0 Å². The van der Waals surface area contributed by atoms with Crippen LogP contribution < -0.4 is 15.4 Å². The van der Waals surface area contributed by atoms with Gasteiger partial charge >= 0.3 is 18.0 Å². The number of hydrogen-bond acceptors (Lipinski definition) is 9. The monoisotopic (exact) mass is 703 g/mol. The Morgan fingerprint density at radius 3 is 2.50 bits per heavy atom. The van der Waals surface area contributed by atoms with Crippen LogP contribution in [-0.4, -0.2) is 68.1 Å². The van der Waals surface area contributed by atoms with E-state index in [0.29, 0.717) is 23.5 Å². The van der Waals surface area contributed by atoms with Crippen molar-refractivity contribution in [1.29, 1.82) is 0 Å². The van der Waals surface area contributed by atoms with Crippen LogP contribution in [0.5, 0.6) is 5.75 Å². The fourth-order valence-corrected chi connectivity index (χ4v) is 7.28. The summed E-state index contributed by atoms with van der Waals surface area (Å²) in [6.45, 7) is 7.16. The van der Waals surface area contributed by atoms with Gasteiger partial charge in [-0.3, -0.25) is 0 Å². The number of halogens is 1. The number of anilines is 2. The first-order chi connectivity index (χ1) is 21.0. The van der Waals surface area contributed by atoms with Gasteiger partial charge in [-0.05, 0) is 91.5 Å². The van der Waals surface area contributed by atoms with E-state index in [1.807, 2.05) is 59.7 Å². The summed E-state index contributed by atoms with van der Waals surface area (Å²) in [7, 11) is 1.30. The summed E-state index contributed by atoms with van der Waals surface area (Å²) in [5, 5.41) is 6.60. The standard InChI is InChI=1S/C32H38BrN3O6S2/c1-32(2,3)42-25(37)19-41-27-26(33)28(44-29(27)30(38)40-4)21-9-8-10-22(17-21)34-18-20-13-15-36(16-14-20)31(39)35-23-11-6-7-12-24(23)43-5/h6-12,17,20,34H,13-16,18-19H2,1-5H3,(H,35,39). The van der Waals surface area contributed by atoms with E-state index in [0.717, 1.165) is 46.1 Å². The molecule has 44 heavy (non-hydrogen) atoms. The minimum atomic E-state index is -0.651. The number of carbonyl (C=O) groups is 3. The number of hydrogen-bond donors (Lipinski definition) is 2. The Balaban J connectivity index is 1.36. The molecule has 9 nitrogen and oxygen atoms in total. The molecule has 1 aromatic heterocycles. The second kappa shape index (κ2) is 15.2. The number of amides is 2. The second-order valence-corrected chi connectivity index (χ2v) is 14.0. The van der Waals surface area contributed by atoms with Gasteiger partial charge in [0.2, 0.25) is 0 Å². The predicted molar refractivity (Wildman–Crippen MR) is 180 cm³/mol. The molecule has 2 N–H and O–H groups in total. The Morgan fingerprint density at radius 2 is 1.82 bits per heavy atom. The third kappa shape index (κ3) is 8.92. The van der Waals surface area contributed by atoms with Gasteiger partial charge in [-0.25, -0.2) is 14.4 Å². The smallest absolute Gasteiger partial charge is 0.351 e. The summed E-state index contributed by atoms with van der Waals surface area (Å²) in [6, 6.07) is 15.7. The van der Waals surface area contributed by atoms with Crippen LogP contribution >= 0.6 is 39.0 Å². The van der Waals surface area contributed by atoms with E-state index < -0.39 is 17.5 Å². The zero-order chi connectivity index (χ0) is 31.9. The van der Waals surface area contributed by atoms with Crippen LogP contribution in [0.25, 0.3) is 10.4 Å². The van der Waals surface area contributed by atoms with Crippen molar-refractivity contribution in [3.63, 3.8) is 0 Å². The van der Waals surface area contributed by atoms with Gasteiger partial charge < -0.3 is 29.7 Å². The normalized spacial score (nSPS) is 13.7. The molecule has 0 aliphatic carbocycles. The van der Waals surface area contributed by atoms with Crippen molar-refractivity contribution in [1.82, 2.24) is 4.90 Å². The number of benzene rings is 2. The van der Waals surface area contributed by atoms with Crippen molar-refractivity contribution in [2.75, 3.05) is 50.2 Å². The lowest BCUT2D eigenvalue weighted by Gasteiger charge is -2.32. The molecule has 2 heterocycles. The second-order valence-electron chi connectivity index (χ2n) is 11.3. The average molecular weight is 705 g/mol. The highest BCUT2D eigenvalue weighted by Crippen LogP contribution is 2.46. The summed E-state index contributed by atoms with van der Waals surface area (Å²) in [5.41, 5.74) is 2.00. The summed E-state index contributed by atoms with van der Waals surface area (Å²) < 4.78 is 16.6. The molecule has 1 aliphatic rings. The molecule has 236 valence electrons. The molecule has 0 saturated carbocycles. The van der Waals surface area contributed by atoms with Crippen molar-refractivity contribution in [3.05, 3.63) is 57.9 Å². The van der Waals surface area contributed by atoms with Gasteiger partial charge in [0.1, 0.15) is 5.60 Å². The van der Waals surface area contributed by atoms with Crippen LogP contribution in [0.2, 0.25) is 0 Å². The highest BCUT2D eigenvalue weighted by Gasteiger charge is 2.27. The van der Waals surface area contributed by atoms with E-state index >= 15 is 0 Å². The summed E-state index contributed by atoms with van der Waals surface area (Å²) in [6.07, 6.45) is 3.81. The fourth-order valence-electron chi connectivity index (χ4n) is 4.75. The van der Waals surface area contributed by atoms with Crippen molar-refractivity contribution in [3.8, 4) is 16.2 Å². The summed E-state index contributed by atoms with van der Waals surface area (Å²) in [5.74, 6) is -0.419. The van der Waals surface area contributed by atoms with Crippen molar-refractivity contribution < 1.29 is 28.6 Å². The molecule has 2 aromatic carbocycles. The van der Waals surface area contributed by atoms with Crippen molar-refractivity contribution in [2.45, 2.75) is 44.1 Å². The molecule has 1 aliphatic heterocycles. The zero-order valence-corrected chi connectivity index (χ0v) is 28.7. The summed E-state index contributed by atoms with van der Waals surface area (Å²) >= 11 is 6.42. The molecule has 4 rings (SSSR count). The van der Waals surface area contributed by atoms with Crippen LogP contribution in [-0.2, 0) is 14.3 Å². The lowest BCUT2D eigenvalue weighted by atomic mass is 9.97. The van der Waals surface area contributed by atoms with Crippen LogP contribution in [0.15, 0.2) is 57.9 Å². The number of thiophene rings is 1. The number of piperidine rings is 1. The van der Waals surface area contributed by atoms with Gasteiger partial charge in [0, 0.05) is 30.2 Å². The van der Waals surface area contributed by atoms with E-state index in [2.05, 4.69) is 26.6 Å². The highest BCUT2D eigenvalue weighted by molar-refractivity contribution is 9.10. The molecule has 0 atom stereocenters. The molecular formula is C32H38BrN3O6S2. The molecule has 3 aromatic rings. The van der Waals surface area contributed by atoms with E-state index in [-0.39, 0.29) is 23.3 Å². The highest BCUT2D eigenvalue weighted by atomic mass is 79.9. The predicted octanol–water partition coefficient (Wildman–Crippen LogP) is 7.76. The number of nitrogens with one attached hydrogen (secondary N) is 2. The maximum Gasteiger partial charge on any atom is 0.351 e. The summed E-state index contributed by atoms with van der Waals surface area (Å²) in [4.78, 5) is 41.6. The van der Waals surface area contributed by atoms with Gasteiger partial charge in [0.05, 0.1) is 22.1 Å². The minimum Gasteiger partial charge on any atom is -0.479 e. The van der Waals surface area contributed by atoms with Gasteiger partial charge in [0.15, 0.2) is 17.2 Å². The number of likely N-dealkylation sites (tertiary alicyclic amines) is 1. The molecular weight excluding hydrogens is 666 g/mol.